The topological polar surface area (TPSA) is 81.0 Å². The lowest BCUT2D eigenvalue weighted by Crippen LogP contribution is -2.42. The molecule has 9 heteroatoms. The summed E-state index contributed by atoms with van der Waals surface area (Å²) in [7, 11) is -1.72. The summed E-state index contributed by atoms with van der Waals surface area (Å²) in [5, 5.41) is 0. The third-order valence-electron chi connectivity index (χ3n) is 5.86. The summed E-state index contributed by atoms with van der Waals surface area (Å²) in [6.07, 6.45) is 1.03. The van der Waals surface area contributed by atoms with Crippen molar-refractivity contribution in [3.63, 3.8) is 0 Å². The van der Waals surface area contributed by atoms with Gasteiger partial charge in [-0.1, -0.05) is 25.2 Å². The number of amides is 1. The summed E-state index contributed by atoms with van der Waals surface area (Å²) >= 11 is 1.41. The number of fused-ring (bicyclic) bond motifs is 1. The molecule has 0 spiro atoms. The van der Waals surface area contributed by atoms with Gasteiger partial charge in [-0.05, 0) is 67.6 Å². The fourth-order valence-corrected chi connectivity index (χ4v) is 7.07. The van der Waals surface area contributed by atoms with Gasteiger partial charge in [0.05, 0.1) is 21.7 Å². The van der Waals surface area contributed by atoms with E-state index in [0.717, 1.165) is 22.4 Å². The van der Waals surface area contributed by atoms with E-state index < -0.39 is 15.9 Å². The number of ether oxygens (including phenoxy) is 1. The van der Waals surface area contributed by atoms with Crippen LogP contribution in [0.1, 0.15) is 37.6 Å². The molecule has 3 aromatic rings. The Labute approximate surface area is 198 Å². The molecule has 0 aliphatic carbocycles. The third-order valence-corrected chi connectivity index (χ3v) is 8.80. The first-order chi connectivity index (χ1) is 15.7. The van der Waals surface area contributed by atoms with Crippen molar-refractivity contribution in [1.29, 1.82) is 0 Å². The Kier molecular flexibility index (Phi) is 6.74. The van der Waals surface area contributed by atoms with E-state index in [2.05, 4.69) is 18.8 Å². The number of hydrogen-bond acceptors (Lipinski definition) is 5. The molecule has 2 atom stereocenters. The summed E-state index contributed by atoms with van der Waals surface area (Å²) < 4.78 is 36.1. The molecule has 2 heterocycles. The Hall–Kier alpha value is -2.49. The summed E-state index contributed by atoms with van der Waals surface area (Å²) in [6, 6.07) is 11.9. The lowest BCUT2D eigenvalue weighted by Gasteiger charge is -2.34. The number of thiazole rings is 1. The second-order valence-corrected chi connectivity index (χ2v) is 11.7. The zero-order valence-corrected chi connectivity index (χ0v) is 20.9. The summed E-state index contributed by atoms with van der Waals surface area (Å²) in [5.41, 5.74) is 1.31. The van der Waals surface area contributed by atoms with Crippen molar-refractivity contribution in [2.75, 3.05) is 19.7 Å². The highest BCUT2D eigenvalue weighted by molar-refractivity contribution is 7.89. The Morgan fingerprint density at radius 3 is 2.42 bits per heavy atom. The van der Waals surface area contributed by atoms with Gasteiger partial charge in [-0.3, -0.25) is 4.79 Å². The highest BCUT2D eigenvalue weighted by atomic mass is 32.2. The second-order valence-electron chi connectivity index (χ2n) is 8.72. The van der Waals surface area contributed by atoms with Gasteiger partial charge in [0, 0.05) is 25.7 Å². The molecule has 0 unspecified atom stereocenters. The number of rotatable bonds is 5. The van der Waals surface area contributed by atoms with Crippen molar-refractivity contribution in [3.05, 3.63) is 52.8 Å². The van der Waals surface area contributed by atoms with Crippen molar-refractivity contribution in [1.82, 2.24) is 8.87 Å². The smallest absolute Gasteiger partial charge is 0.279 e. The molecule has 33 heavy (non-hydrogen) atoms. The van der Waals surface area contributed by atoms with Gasteiger partial charge in [0.2, 0.25) is 10.0 Å². The van der Waals surface area contributed by atoms with Crippen LogP contribution in [-0.2, 0) is 17.1 Å². The molecule has 1 aliphatic heterocycles. The van der Waals surface area contributed by atoms with E-state index in [1.807, 2.05) is 36.7 Å². The SMILES string of the molecule is CCOc1ccc2c(c1)sc(=NC(=O)c1ccc(S(=O)(=O)N3C[C@@H](C)C[C@H](C)C3)cc1)n2C. The third kappa shape index (κ3) is 4.90. The Morgan fingerprint density at radius 1 is 1.12 bits per heavy atom. The highest BCUT2D eigenvalue weighted by Gasteiger charge is 2.31. The molecule has 1 saturated heterocycles. The summed E-state index contributed by atoms with van der Waals surface area (Å²) in [5.74, 6) is 1.02. The first-order valence-corrected chi connectivity index (χ1v) is 13.4. The number of hydrogen-bond donors (Lipinski definition) is 0. The number of sulfonamides is 1. The van der Waals surface area contributed by atoms with Gasteiger partial charge >= 0.3 is 0 Å². The van der Waals surface area contributed by atoms with Gasteiger partial charge < -0.3 is 9.30 Å². The van der Waals surface area contributed by atoms with Crippen molar-refractivity contribution in [2.24, 2.45) is 23.9 Å². The quantitative estimate of drug-likeness (QED) is 0.544. The minimum atomic E-state index is -3.58. The molecular weight excluding hydrogens is 458 g/mol. The maximum Gasteiger partial charge on any atom is 0.279 e. The Bertz CT molecular complexity index is 1330. The minimum Gasteiger partial charge on any atom is -0.494 e. The second kappa shape index (κ2) is 9.40. The Balaban J connectivity index is 1.59. The van der Waals surface area contributed by atoms with E-state index >= 15 is 0 Å². The van der Waals surface area contributed by atoms with Crippen LogP contribution in [0.3, 0.4) is 0 Å². The first kappa shape index (κ1) is 23.7. The van der Waals surface area contributed by atoms with Gasteiger partial charge in [-0.2, -0.15) is 9.30 Å². The van der Waals surface area contributed by atoms with Crippen LogP contribution in [0.15, 0.2) is 52.4 Å². The molecule has 1 aliphatic rings. The van der Waals surface area contributed by atoms with Gasteiger partial charge in [0.25, 0.3) is 5.91 Å². The number of nitrogens with zero attached hydrogens (tertiary/aromatic N) is 3. The fourth-order valence-electron chi connectivity index (χ4n) is 4.35. The monoisotopic (exact) mass is 487 g/mol. The normalized spacial score (nSPS) is 20.3. The lowest BCUT2D eigenvalue weighted by atomic mass is 9.94. The number of carbonyl (C=O) groups excluding carboxylic acids is 1. The van der Waals surface area contributed by atoms with Crippen LogP contribution < -0.4 is 9.54 Å². The molecule has 0 N–H and O–H groups in total. The molecule has 1 fully saturated rings. The molecule has 0 bridgehead atoms. The largest absolute Gasteiger partial charge is 0.494 e. The van der Waals surface area contributed by atoms with E-state index in [1.54, 1.807) is 4.31 Å². The van der Waals surface area contributed by atoms with Crippen molar-refractivity contribution in [3.8, 4) is 5.75 Å². The number of piperidine rings is 1. The summed E-state index contributed by atoms with van der Waals surface area (Å²) in [4.78, 5) is 17.9. The molecule has 0 radical (unpaired) electrons. The maximum atomic E-state index is 13.1. The van der Waals surface area contributed by atoms with E-state index in [1.165, 1.54) is 35.6 Å². The van der Waals surface area contributed by atoms with Crippen molar-refractivity contribution in [2.45, 2.75) is 32.1 Å². The molecule has 1 amide bonds. The van der Waals surface area contributed by atoms with Gasteiger partial charge in [-0.25, -0.2) is 8.42 Å². The average molecular weight is 488 g/mol. The lowest BCUT2D eigenvalue weighted by molar-refractivity contribution is 0.0998. The van der Waals surface area contributed by atoms with Gasteiger partial charge in [0.15, 0.2) is 4.80 Å². The number of carbonyl (C=O) groups is 1. The summed E-state index contributed by atoms with van der Waals surface area (Å²) in [6.45, 7) is 7.72. The number of benzene rings is 2. The van der Waals surface area contributed by atoms with Crippen LogP contribution in [0.2, 0.25) is 0 Å². The van der Waals surface area contributed by atoms with Crippen LogP contribution >= 0.6 is 11.3 Å². The van der Waals surface area contributed by atoms with Crippen LogP contribution in [0, 0.1) is 11.8 Å². The zero-order valence-electron chi connectivity index (χ0n) is 19.3. The van der Waals surface area contributed by atoms with Crippen LogP contribution in [0.4, 0.5) is 0 Å². The minimum absolute atomic E-state index is 0.205. The maximum absolute atomic E-state index is 13.1. The highest BCUT2D eigenvalue weighted by Crippen LogP contribution is 2.27. The Morgan fingerprint density at radius 2 is 1.79 bits per heavy atom. The van der Waals surface area contributed by atoms with Crippen LogP contribution in [-0.4, -0.2) is 42.9 Å². The van der Waals surface area contributed by atoms with E-state index in [-0.39, 0.29) is 4.90 Å². The van der Waals surface area contributed by atoms with E-state index in [0.29, 0.717) is 41.9 Å². The zero-order chi connectivity index (χ0) is 23.8. The predicted octanol–water partition coefficient (Wildman–Crippen LogP) is 4.05. The molecule has 1 aromatic heterocycles. The number of aryl methyl sites for hydroxylation is 1. The van der Waals surface area contributed by atoms with Crippen LogP contribution in [0.25, 0.3) is 10.2 Å². The fraction of sp³-hybridized carbons (Fsp3) is 0.417. The molecule has 176 valence electrons. The average Bonchev–Trinajstić information content (AvgIpc) is 3.08. The first-order valence-electron chi connectivity index (χ1n) is 11.1. The van der Waals surface area contributed by atoms with E-state index in [9.17, 15) is 13.2 Å². The molecule has 4 rings (SSSR count). The van der Waals surface area contributed by atoms with Crippen molar-refractivity contribution >= 4 is 37.5 Å². The standard InChI is InChI=1S/C24H29N3O4S2/c1-5-31-19-8-11-21-22(13-19)32-24(26(21)4)25-23(28)18-6-9-20(10-7-18)33(29,30)27-14-16(2)12-17(3)15-27/h6-11,13,16-17H,5,12,14-15H2,1-4H3/t16-,17-/m0/s1. The number of aromatic nitrogens is 1. The molecule has 7 nitrogen and oxygen atoms in total. The van der Waals surface area contributed by atoms with Gasteiger partial charge in [0.1, 0.15) is 5.75 Å². The van der Waals surface area contributed by atoms with Gasteiger partial charge in [-0.15, -0.1) is 0 Å². The predicted molar refractivity (Wildman–Crippen MR) is 130 cm³/mol. The molecule has 2 aromatic carbocycles. The van der Waals surface area contributed by atoms with Crippen LogP contribution in [0.5, 0.6) is 5.75 Å². The van der Waals surface area contributed by atoms with E-state index in [4.69, 9.17) is 4.74 Å². The molecule has 0 saturated carbocycles. The van der Waals surface area contributed by atoms with Crippen molar-refractivity contribution < 1.29 is 17.9 Å². The molecular formula is C24H29N3O4S2.